The third-order valence-corrected chi connectivity index (χ3v) is 5.91. The van der Waals surface area contributed by atoms with Crippen molar-refractivity contribution >= 4 is 21.9 Å². The molecule has 0 unspecified atom stereocenters. The Labute approximate surface area is 207 Å². The van der Waals surface area contributed by atoms with Crippen LogP contribution in [0, 0.1) is 12.1 Å². The molecule has 3 nitrogen and oxygen atoms in total. The maximum atomic E-state index is 5.04. The number of para-hydroxylation sites is 1. The minimum Gasteiger partial charge on any atom is -0.270 e. The van der Waals surface area contributed by atoms with Gasteiger partial charge in [-0.25, -0.2) is 0 Å². The quantitative estimate of drug-likeness (QED) is 0.181. The van der Waals surface area contributed by atoms with Crippen molar-refractivity contribution in [3.63, 3.8) is 0 Å². The summed E-state index contributed by atoms with van der Waals surface area (Å²) in [5.41, 5.74) is 6.30. The molecule has 0 saturated heterocycles. The summed E-state index contributed by atoms with van der Waals surface area (Å²) in [6.45, 7) is 0. The molecule has 4 heteroatoms. The fourth-order valence-corrected chi connectivity index (χ4v) is 4.44. The van der Waals surface area contributed by atoms with Crippen LogP contribution >= 0.6 is 0 Å². The van der Waals surface area contributed by atoms with E-state index in [2.05, 4.69) is 82.9 Å². The van der Waals surface area contributed by atoms with E-state index >= 15 is 0 Å². The SMILES string of the molecule is C[n+]1c(-c2[c-]cccc2)ccc2c3ccccc3n(-c3cccc(-c4[c-]cccc4)n3)c21.[Pt+2]. The molecule has 160 valence electrons. The first-order valence-electron chi connectivity index (χ1n) is 10.6. The Morgan fingerprint density at radius 1 is 0.697 bits per heavy atom. The number of hydrogen-bond donors (Lipinski definition) is 0. The van der Waals surface area contributed by atoms with Gasteiger partial charge in [0.2, 0.25) is 5.82 Å². The van der Waals surface area contributed by atoms with Gasteiger partial charge in [0.25, 0.3) is 5.65 Å². The normalized spacial score (nSPS) is 10.9. The molecule has 6 aromatic rings. The summed E-state index contributed by atoms with van der Waals surface area (Å²) in [5, 5.41) is 2.40. The second-order valence-corrected chi connectivity index (χ2v) is 7.80. The van der Waals surface area contributed by atoms with Crippen LogP contribution < -0.4 is 4.57 Å². The van der Waals surface area contributed by atoms with Crippen LogP contribution in [0.25, 0.3) is 50.3 Å². The van der Waals surface area contributed by atoms with Crippen LogP contribution in [-0.4, -0.2) is 9.55 Å². The molecule has 0 aliphatic heterocycles. The van der Waals surface area contributed by atoms with Gasteiger partial charge in [0.15, 0.2) is 0 Å². The van der Waals surface area contributed by atoms with Gasteiger partial charge in [-0.2, -0.15) is 4.57 Å². The van der Waals surface area contributed by atoms with Gasteiger partial charge in [-0.1, -0.05) is 36.4 Å². The molecule has 0 aliphatic rings. The van der Waals surface area contributed by atoms with Crippen molar-refractivity contribution in [1.29, 1.82) is 0 Å². The topological polar surface area (TPSA) is 21.7 Å². The predicted molar refractivity (Wildman–Crippen MR) is 128 cm³/mol. The first-order valence-corrected chi connectivity index (χ1v) is 10.6. The van der Waals surface area contributed by atoms with Crippen molar-refractivity contribution in [2.24, 2.45) is 7.05 Å². The number of hydrogen-bond acceptors (Lipinski definition) is 1. The number of fused-ring (bicyclic) bond motifs is 3. The molecule has 0 atom stereocenters. The van der Waals surface area contributed by atoms with E-state index in [4.69, 9.17) is 4.98 Å². The van der Waals surface area contributed by atoms with E-state index in [1.807, 2.05) is 48.5 Å². The summed E-state index contributed by atoms with van der Waals surface area (Å²) in [7, 11) is 2.11. The van der Waals surface area contributed by atoms with Gasteiger partial charge < -0.3 is 0 Å². The second kappa shape index (κ2) is 8.77. The molecule has 3 aromatic heterocycles. The smallest absolute Gasteiger partial charge is 0.270 e. The predicted octanol–water partition coefficient (Wildman–Crippen LogP) is 5.94. The summed E-state index contributed by atoms with van der Waals surface area (Å²) in [4.78, 5) is 5.04. The second-order valence-electron chi connectivity index (χ2n) is 7.80. The third-order valence-electron chi connectivity index (χ3n) is 5.91. The summed E-state index contributed by atoms with van der Waals surface area (Å²) in [6, 6.07) is 41.8. The molecule has 3 heterocycles. The van der Waals surface area contributed by atoms with Crippen LogP contribution in [0.3, 0.4) is 0 Å². The van der Waals surface area contributed by atoms with Crippen molar-refractivity contribution in [2.45, 2.75) is 0 Å². The van der Waals surface area contributed by atoms with Crippen molar-refractivity contribution in [3.05, 3.63) is 115 Å². The van der Waals surface area contributed by atoms with E-state index < -0.39 is 0 Å². The average molecular weight is 606 g/mol. The van der Waals surface area contributed by atoms with Gasteiger partial charge in [-0.15, -0.1) is 71.8 Å². The number of pyridine rings is 2. The number of nitrogens with zero attached hydrogens (tertiary/aromatic N) is 3. The number of benzene rings is 3. The zero-order chi connectivity index (χ0) is 21.5. The standard InChI is InChI=1S/C29H20N3.Pt/c1-31-26(22-13-6-3-7-14-22)20-19-24-23-15-8-9-17-27(23)32(29(24)31)28-18-10-16-25(30-28)21-11-4-2-5-12-21;/h2-11,13,15-20H,1H3;/q-1;+2. The van der Waals surface area contributed by atoms with Gasteiger partial charge >= 0.3 is 21.1 Å². The molecular formula is C29H20N3Pt+. The number of aromatic nitrogens is 3. The Kier molecular flexibility index (Phi) is 5.66. The molecule has 0 spiro atoms. The van der Waals surface area contributed by atoms with E-state index in [0.29, 0.717) is 0 Å². The summed E-state index contributed by atoms with van der Waals surface area (Å²) < 4.78 is 4.49. The molecule has 6 rings (SSSR count). The maximum absolute atomic E-state index is 5.04. The maximum Gasteiger partial charge on any atom is 2.00 e. The van der Waals surface area contributed by atoms with Gasteiger partial charge in [-0.05, 0) is 17.8 Å². The first kappa shape index (κ1) is 21.3. The molecule has 0 saturated carbocycles. The fourth-order valence-electron chi connectivity index (χ4n) is 4.44. The Bertz CT molecular complexity index is 1570. The monoisotopic (exact) mass is 605 g/mol. The summed E-state index contributed by atoms with van der Waals surface area (Å²) in [5.74, 6) is 0.885. The van der Waals surface area contributed by atoms with Crippen molar-refractivity contribution in [1.82, 2.24) is 9.55 Å². The Morgan fingerprint density at radius 3 is 2.18 bits per heavy atom. The summed E-state index contributed by atoms with van der Waals surface area (Å²) >= 11 is 0. The number of rotatable bonds is 3. The zero-order valence-electron chi connectivity index (χ0n) is 18.0. The van der Waals surface area contributed by atoms with Crippen molar-refractivity contribution in [3.8, 4) is 28.3 Å². The van der Waals surface area contributed by atoms with E-state index in [0.717, 1.165) is 39.5 Å². The Balaban J connectivity index is 0.00000228. The van der Waals surface area contributed by atoms with Crippen LogP contribution in [0.4, 0.5) is 0 Å². The number of aryl methyl sites for hydroxylation is 1. The van der Waals surface area contributed by atoms with E-state index in [1.54, 1.807) is 0 Å². The van der Waals surface area contributed by atoms with Crippen LogP contribution in [0.5, 0.6) is 0 Å². The molecule has 33 heavy (non-hydrogen) atoms. The average Bonchev–Trinajstić information content (AvgIpc) is 3.21. The van der Waals surface area contributed by atoms with E-state index in [9.17, 15) is 0 Å². The van der Waals surface area contributed by atoms with Gasteiger partial charge in [0.05, 0.1) is 18.1 Å². The Hall–Kier alpha value is -3.55. The molecule has 0 bridgehead atoms. The van der Waals surface area contributed by atoms with E-state index in [1.165, 1.54) is 10.8 Å². The van der Waals surface area contributed by atoms with Gasteiger partial charge in [0.1, 0.15) is 5.52 Å². The molecule has 0 aliphatic carbocycles. The Morgan fingerprint density at radius 2 is 1.42 bits per heavy atom. The molecule has 0 amide bonds. The molecule has 0 fully saturated rings. The van der Waals surface area contributed by atoms with Crippen LogP contribution in [0.15, 0.2) is 103 Å². The first-order chi connectivity index (χ1) is 15.8. The largest absolute Gasteiger partial charge is 2.00 e. The third kappa shape index (κ3) is 3.59. The zero-order valence-corrected chi connectivity index (χ0v) is 20.2. The summed E-state index contributed by atoms with van der Waals surface area (Å²) in [6.07, 6.45) is 0. The van der Waals surface area contributed by atoms with Crippen LogP contribution in [-0.2, 0) is 28.1 Å². The molecule has 0 N–H and O–H groups in total. The van der Waals surface area contributed by atoms with E-state index in [-0.39, 0.29) is 21.1 Å². The van der Waals surface area contributed by atoms with Gasteiger partial charge in [0, 0.05) is 11.5 Å². The van der Waals surface area contributed by atoms with Gasteiger partial charge in [-0.3, -0.25) is 9.55 Å². The van der Waals surface area contributed by atoms with Crippen LogP contribution in [0.1, 0.15) is 0 Å². The van der Waals surface area contributed by atoms with Crippen LogP contribution in [0.2, 0.25) is 0 Å². The fraction of sp³-hybridized carbons (Fsp3) is 0.0345. The minimum absolute atomic E-state index is 0. The molecule has 3 aromatic carbocycles. The van der Waals surface area contributed by atoms with Crippen molar-refractivity contribution < 1.29 is 25.6 Å². The minimum atomic E-state index is 0. The molecule has 0 radical (unpaired) electrons. The molecular weight excluding hydrogens is 585 g/mol. The van der Waals surface area contributed by atoms with Crippen molar-refractivity contribution in [2.75, 3.05) is 0 Å².